The summed E-state index contributed by atoms with van der Waals surface area (Å²) in [7, 11) is 0. The fraction of sp³-hybridized carbons (Fsp3) is 0.875. The van der Waals surface area contributed by atoms with Crippen molar-refractivity contribution >= 4 is 5.97 Å². The molecule has 1 unspecified atom stereocenters. The zero-order valence-electron chi connectivity index (χ0n) is 8.76. The van der Waals surface area contributed by atoms with Gasteiger partial charge in [0.1, 0.15) is 0 Å². The van der Waals surface area contributed by atoms with E-state index in [1.165, 1.54) is 0 Å². The normalized spacial score (nSPS) is 15.4. The van der Waals surface area contributed by atoms with Crippen molar-refractivity contribution in [2.75, 3.05) is 0 Å². The maximum absolute atomic E-state index is 10.7. The first kappa shape index (κ1) is 12.7. The van der Waals surface area contributed by atoms with Gasteiger partial charge in [-0.3, -0.25) is 4.79 Å². The second-order valence-corrected chi connectivity index (χ2v) is 3.92. The zero-order valence-corrected chi connectivity index (χ0v) is 8.76. The van der Waals surface area contributed by atoms with E-state index in [1.54, 1.807) is 27.7 Å². The van der Waals surface area contributed by atoms with Gasteiger partial charge in [-0.1, -0.05) is 5.11 Å². The zero-order chi connectivity index (χ0) is 11.4. The molecule has 0 saturated carbocycles. The summed E-state index contributed by atoms with van der Waals surface area (Å²) in [6.07, 6.45) is -0.650. The number of carbonyl (C=O) groups is 1. The van der Waals surface area contributed by atoms with E-state index >= 15 is 0 Å². The number of aliphatic carboxylic acids is 1. The third kappa shape index (κ3) is 4.69. The maximum atomic E-state index is 10.7. The molecule has 0 aliphatic rings. The van der Waals surface area contributed by atoms with Gasteiger partial charge in [0, 0.05) is 4.91 Å². The SMILES string of the molecule is CC(OC(C)(C)C)[C@@H](N=[N+]=[N-])C(=O)O. The fourth-order valence-corrected chi connectivity index (χ4v) is 1.02. The first-order valence-corrected chi connectivity index (χ1v) is 4.23. The minimum Gasteiger partial charge on any atom is -0.481 e. The molecule has 0 amide bonds. The van der Waals surface area contributed by atoms with E-state index in [0.717, 1.165) is 0 Å². The Morgan fingerprint density at radius 3 is 2.36 bits per heavy atom. The van der Waals surface area contributed by atoms with Crippen molar-refractivity contribution in [3.8, 4) is 0 Å². The summed E-state index contributed by atoms with van der Waals surface area (Å²) in [6, 6.07) is -1.18. The van der Waals surface area contributed by atoms with E-state index in [0.29, 0.717) is 0 Å². The highest BCUT2D eigenvalue weighted by molar-refractivity contribution is 5.74. The van der Waals surface area contributed by atoms with E-state index < -0.39 is 23.7 Å². The second-order valence-electron chi connectivity index (χ2n) is 3.92. The molecule has 0 bridgehead atoms. The molecule has 0 aromatic heterocycles. The van der Waals surface area contributed by atoms with Gasteiger partial charge in [0.25, 0.3) is 0 Å². The Bertz CT molecular complexity index is 251. The number of carboxylic acid groups (broad SMARTS) is 1. The van der Waals surface area contributed by atoms with Crippen LogP contribution in [0.2, 0.25) is 0 Å². The van der Waals surface area contributed by atoms with Gasteiger partial charge < -0.3 is 9.84 Å². The third-order valence-electron chi connectivity index (χ3n) is 1.41. The molecule has 0 aliphatic heterocycles. The molecule has 80 valence electrons. The lowest BCUT2D eigenvalue weighted by atomic mass is 10.1. The predicted octanol–water partition coefficient (Wildman–Crippen LogP) is 1.95. The van der Waals surface area contributed by atoms with E-state index in [2.05, 4.69) is 10.0 Å². The molecule has 0 aromatic rings. The molecular formula is C8H15N3O3. The van der Waals surface area contributed by atoms with Crippen LogP contribution < -0.4 is 0 Å². The number of carboxylic acids is 1. The molecule has 0 heterocycles. The number of nitrogens with zero attached hydrogens (tertiary/aromatic N) is 3. The number of hydrogen-bond acceptors (Lipinski definition) is 3. The molecular weight excluding hydrogens is 186 g/mol. The summed E-state index contributed by atoms with van der Waals surface area (Å²) >= 11 is 0. The first-order valence-electron chi connectivity index (χ1n) is 4.23. The summed E-state index contributed by atoms with van der Waals surface area (Å²) in [4.78, 5) is 13.1. The molecule has 0 rings (SSSR count). The Kier molecular flexibility index (Phi) is 4.40. The standard InChI is InChI=1S/C8H15N3O3/c1-5(14-8(2,3)4)6(7(12)13)10-11-9/h5-6H,1-4H3,(H,12,13)/t5?,6-/m1/s1. The van der Waals surface area contributed by atoms with Crippen LogP contribution in [0.1, 0.15) is 27.7 Å². The number of rotatable bonds is 4. The Morgan fingerprint density at radius 1 is 1.57 bits per heavy atom. The van der Waals surface area contributed by atoms with Crippen molar-refractivity contribution in [2.45, 2.75) is 45.4 Å². The van der Waals surface area contributed by atoms with Gasteiger partial charge in [0.15, 0.2) is 6.04 Å². The molecule has 2 atom stereocenters. The highest BCUT2D eigenvalue weighted by Crippen LogP contribution is 2.14. The molecule has 0 spiro atoms. The van der Waals surface area contributed by atoms with Gasteiger partial charge >= 0.3 is 5.97 Å². The summed E-state index contributed by atoms with van der Waals surface area (Å²) in [6.45, 7) is 6.98. The van der Waals surface area contributed by atoms with Gasteiger partial charge in [-0.05, 0) is 33.2 Å². The van der Waals surface area contributed by atoms with Crippen LogP contribution in [0.25, 0.3) is 10.4 Å². The second kappa shape index (κ2) is 4.83. The lowest BCUT2D eigenvalue weighted by Gasteiger charge is -2.26. The summed E-state index contributed by atoms with van der Waals surface area (Å²) < 4.78 is 5.37. The molecule has 0 radical (unpaired) electrons. The van der Waals surface area contributed by atoms with Crippen LogP contribution in [0, 0.1) is 0 Å². The van der Waals surface area contributed by atoms with Crippen molar-refractivity contribution in [1.82, 2.24) is 0 Å². The number of azide groups is 1. The highest BCUT2D eigenvalue weighted by atomic mass is 16.5. The smallest absolute Gasteiger partial charge is 0.315 e. The molecule has 14 heavy (non-hydrogen) atoms. The van der Waals surface area contributed by atoms with Crippen molar-refractivity contribution in [2.24, 2.45) is 5.11 Å². The first-order chi connectivity index (χ1) is 6.28. The minimum atomic E-state index is -1.18. The van der Waals surface area contributed by atoms with Crippen molar-refractivity contribution in [3.63, 3.8) is 0 Å². The van der Waals surface area contributed by atoms with E-state index in [1.807, 2.05) is 0 Å². The summed E-state index contributed by atoms with van der Waals surface area (Å²) in [5.74, 6) is -1.18. The Balaban J connectivity index is 4.53. The van der Waals surface area contributed by atoms with Crippen LogP contribution in [-0.2, 0) is 9.53 Å². The molecule has 0 aromatic carbocycles. The molecule has 1 N–H and O–H groups in total. The van der Waals surface area contributed by atoms with Crippen LogP contribution in [0.15, 0.2) is 5.11 Å². The van der Waals surface area contributed by atoms with Crippen LogP contribution in [0.3, 0.4) is 0 Å². The molecule has 0 fully saturated rings. The highest BCUT2D eigenvalue weighted by Gasteiger charge is 2.27. The van der Waals surface area contributed by atoms with E-state index in [4.69, 9.17) is 15.4 Å². The lowest BCUT2D eigenvalue weighted by Crippen LogP contribution is -2.37. The van der Waals surface area contributed by atoms with Gasteiger partial charge in [0.05, 0.1) is 11.7 Å². The molecule has 6 heteroatoms. The summed E-state index contributed by atoms with van der Waals surface area (Å²) in [5, 5.41) is 11.9. The van der Waals surface area contributed by atoms with Crippen molar-refractivity contribution in [3.05, 3.63) is 10.4 Å². The predicted molar refractivity (Wildman–Crippen MR) is 50.9 cm³/mol. The van der Waals surface area contributed by atoms with Crippen LogP contribution in [0.5, 0.6) is 0 Å². The van der Waals surface area contributed by atoms with Crippen LogP contribution in [-0.4, -0.2) is 28.8 Å². The minimum absolute atomic E-state index is 0.460. The number of hydrogen-bond donors (Lipinski definition) is 1. The summed E-state index contributed by atoms with van der Waals surface area (Å²) in [5.41, 5.74) is 7.71. The largest absolute Gasteiger partial charge is 0.481 e. The topological polar surface area (TPSA) is 95.3 Å². The van der Waals surface area contributed by atoms with Crippen LogP contribution in [0.4, 0.5) is 0 Å². The fourth-order valence-electron chi connectivity index (χ4n) is 1.02. The Labute approximate surface area is 82.5 Å². The van der Waals surface area contributed by atoms with Gasteiger partial charge in [-0.15, -0.1) is 0 Å². The average molecular weight is 201 g/mol. The van der Waals surface area contributed by atoms with Crippen molar-refractivity contribution < 1.29 is 14.6 Å². The molecule has 0 aliphatic carbocycles. The average Bonchev–Trinajstić information content (AvgIpc) is 1.95. The van der Waals surface area contributed by atoms with Crippen LogP contribution >= 0.6 is 0 Å². The molecule has 6 nitrogen and oxygen atoms in total. The quantitative estimate of drug-likeness (QED) is 0.427. The molecule has 0 saturated heterocycles. The van der Waals surface area contributed by atoms with Gasteiger partial charge in [-0.25, -0.2) is 0 Å². The monoisotopic (exact) mass is 201 g/mol. The van der Waals surface area contributed by atoms with E-state index in [-0.39, 0.29) is 0 Å². The van der Waals surface area contributed by atoms with Gasteiger partial charge in [0.2, 0.25) is 0 Å². The van der Waals surface area contributed by atoms with Crippen molar-refractivity contribution in [1.29, 1.82) is 0 Å². The number of ether oxygens (including phenoxy) is 1. The van der Waals surface area contributed by atoms with Gasteiger partial charge in [-0.2, -0.15) is 0 Å². The third-order valence-corrected chi connectivity index (χ3v) is 1.41. The Hall–Kier alpha value is -1.26. The van der Waals surface area contributed by atoms with E-state index in [9.17, 15) is 4.79 Å². The lowest BCUT2D eigenvalue weighted by molar-refractivity contribution is -0.145. The Morgan fingerprint density at radius 2 is 2.07 bits per heavy atom. The maximum Gasteiger partial charge on any atom is 0.315 e.